The molecule has 1 fully saturated rings. The SMILES string of the molecule is Cc1cccc(C)c1-c1cc2nc(n1)NSC1CCC1CNCCO2. The molecule has 4 rings (SSSR count). The first-order valence-corrected chi connectivity index (χ1v) is 9.79. The minimum absolute atomic E-state index is 0.618. The maximum atomic E-state index is 5.88. The third-order valence-corrected chi connectivity index (χ3v) is 6.25. The van der Waals surface area contributed by atoms with E-state index in [9.17, 15) is 0 Å². The van der Waals surface area contributed by atoms with Gasteiger partial charge in [-0.05, 0) is 62.2 Å². The number of aryl methyl sites for hydroxylation is 2. The first-order chi connectivity index (χ1) is 12.2. The van der Waals surface area contributed by atoms with Crippen molar-refractivity contribution in [3.05, 3.63) is 35.4 Å². The van der Waals surface area contributed by atoms with Crippen LogP contribution in [0.15, 0.2) is 24.3 Å². The summed E-state index contributed by atoms with van der Waals surface area (Å²) in [6, 6.07) is 8.27. The Balaban J connectivity index is 1.68. The van der Waals surface area contributed by atoms with Gasteiger partial charge in [0.05, 0.1) is 5.69 Å². The van der Waals surface area contributed by atoms with E-state index in [1.165, 1.54) is 24.0 Å². The molecule has 25 heavy (non-hydrogen) atoms. The van der Waals surface area contributed by atoms with Gasteiger partial charge in [0.1, 0.15) is 6.61 Å². The summed E-state index contributed by atoms with van der Waals surface area (Å²) in [5.41, 5.74) is 4.50. The summed E-state index contributed by atoms with van der Waals surface area (Å²) in [6.07, 6.45) is 2.55. The van der Waals surface area contributed by atoms with E-state index in [4.69, 9.17) is 9.72 Å². The molecule has 2 aliphatic rings. The minimum atomic E-state index is 0.618. The quantitative estimate of drug-likeness (QED) is 0.762. The second-order valence-corrected chi connectivity index (χ2v) is 7.88. The molecule has 1 saturated carbocycles. The molecule has 0 saturated heterocycles. The molecule has 0 spiro atoms. The van der Waals surface area contributed by atoms with Crippen LogP contribution in [0.1, 0.15) is 24.0 Å². The fourth-order valence-electron chi connectivity index (χ4n) is 3.46. The predicted octanol–water partition coefficient (Wildman–Crippen LogP) is 3.58. The zero-order valence-electron chi connectivity index (χ0n) is 14.7. The number of ether oxygens (including phenoxy) is 1. The van der Waals surface area contributed by atoms with E-state index in [1.807, 2.05) is 6.07 Å². The first-order valence-electron chi connectivity index (χ1n) is 8.91. The van der Waals surface area contributed by atoms with Crippen LogP contribution in [0.25, 0.3) is 11.3 Å². The van der Waals surface area contributed by atoms with E-state index >= 15 is 0 Å². The number of benzene rings is 1. The van der Waals surface area contributed by atoms with Crippen LogP contribution < -0.4 is 14.8 Å². The Morgan fingerprint density at radius 3 is 2.76 bits per heavy atom. The van der Waals surface area contributed by atoms with Crippen molar-refractivity contribution in [2.24, 2.45) is 5.92 Å². The largest absolute Gasteiger partial charge is 0.476 e. The second kappa shape index (κ2) is 7.22. The lowest BCUT2D eigenvalue weighted by atomic mass is 9.84. The Labute approximate surface area is 153 Å². The maximum absolute atomic E-state index is 5.88. The summed E-state index contributed by atoms with van der Waals surface area (Å²) in [5.74, 6) is 1.99. The fraction of sp³-hybridized carbons (Fsp3) is 0.474. The van der Waals surface area contributed by atoms with Gasteiger partial charge in [-0.1, -0.05) is 18.2 Å². The summed E-state index contributed by atoms with van der Waals surface area (Å²) in [7, 11) is 0. The zero-order chi connectivity index (χ0) is 17.2. The van der Waals surface area contributed by atoms with Crippen LogP contribution in [0, 0.1) is 19.8 Å². The molecule has 2 aromatic rings. The normalized spacial score (nSPS) is 23.1. The molecule has 2 heterocycles. The summed E-state index contributed by atoms with van der Waals surface area (Å²) in [6.45, 7) is 6.76. The van der Waals surface area contributed by atoms with Crippen LogP contribution in [-0.4, -0.2) is 34.9 Å². The molecular formula is C19H24N4OS. The van der Waals surface area contributed by atoms with Crippen molar-refractivity contribution in [3.63, 3.8) is 0 Å². The molecule has 132 valence electrons. The number of hydrogen-bond donors (Lipinski definition) is 2. The highest BCUT2D eigenvalue weighted by Gasteiger charge is 2.31. The van der Waals surface area contributed by atoms with E-state index in [1.54, 1.807) is 11.9 Å². The van der Waals surface area contributed by atoms with E-state index in [0.717, 1.165) is 30.3 Å². The molecule has 2 unspecified atom stereocenters. The smallest absolute Gasteiger partial charge is 0.236 e. The highest BCUT2D eigenvalue weighted by atomic mass is 32.2. The van der Waals surface area contributed by atoms with E-state index in [0.29, 0.717) is 23.7 Å². The highest BCUT2D eigenvalue weighted by Crippen LogP contribution is 2.37. The number of rotatable bonds is 1. The fourth-order valence-corrected chi connectivity index (χ4v) is 4.49. The van der Waals surface area contributed by atoms with Crippen molar-refractivity contribution in [2.75, 3.05) is 24.4 Å². The molecule has 1 aromatic heterocycles. The number of nitrogens with one attached hydrogen (secondary N) is 2. The summed E-state index contributed by atoms with van der Waals surface area (Å²) in [5, 5.41) is 4.13. The van der Waals surface area contributed by atoms with Crippen LogP contribution >= 0.6 is 11.9 Å². The standard InChI is InChI=1S/C19H24N4OS/c1-12-4-3-5-13(2)18(12)15-10-17-22-19(21-15)23-25-16-7-6-14(16)11-20-8-9-24-17/h3-5,10,14,16,20H,6-9,11H2,1-2H3,(H,21,22,23). The summed E-state index contributed by atoms with van der Waals surface area (Å²) in [4.78, 5) is 9.31. The van der Waals surface area contributed by atoms with Gasteiger partial charge in [0.15, 0.2) is 0 Å². The molecule has 0 radical (unpaired) electrons. The Kier molecular flexibility index (Phi) is 4.81. The highest BCUT2D eigenvalue weighted by molar-refractivity contribution is 8.01. The first kappa shape index (κ1) is 16.7. The molecule has 2 bridgehead atoms. The van der Waals surface area contributed by atoms with Crippen molar-refractivity contribution in [1.29, 1.82) is 0 Å². The molecule has 0 amide bonds. The Hall–Kier alpha value is -1.79. The molecular weight excluding hydrogens is 332 g/mol. The molecule has 1 aromatic carbocycles. The van der Waals surface area contributed by atoms with Gasteiger partial charge in [0.25, 0.3) is 0 Å². The lowest BCUT2D eigenvalue weighted by molar-refractivity contribution is 0.277. The summed E-state index contributed by atoms with van der Waals surface area (Å²) < 4.78 is 9.25. The van der Waals surface area contributed by atoms with Gasteiger partial charge >= 0.3 is 0 Å². The van der Waals surface area contributed by atoms with E-state index in [2.05, 4.69) is 47.1 Å². The van der Waals surface area contributed by atoms with Gasteiger partial charge in [0, 0.05) is 23.4 Å². The van der Waals surface area contributed by atoms with Crippen molar-refractivity contribution in [2.45, 2.75) is 31.9 Å². The third kappa shape index (κ3) is 3.60. The van der Waals surface area contributed by atoms with Crippen LogP contribution in [0.5, 0.6) is 5.88 Å². The van der Waals surface area contributed by atoms with Crippen molar-refractivity contribution >= 4 is 17.9 Å². The number of fused-ring (bicyclic) bond motifs is 3. The van der Waals surface area contributed by atoms with Gasteiger partial charge in [-0.3, -0.25) is 4.72 Å². The topological polar surface area (TPSA) is 59.1 Å². The molecule has 2 atom stereocenters. The average molecular weight is 356 g/mol. The van der Waals surface area contributed by atoms with Crippen molar-refractivity contribution in [3.8, 4) is 17.1 Å². The van der Waals surface area contributed by atoms with Crippen LogP contribution in [0.4, 0.5) is 5.95 Å². The van der Waals surface area contributed by atoms with Gasteiger partial charge < -0.3 is 10.1 Å². The van der Waals surface area contributed by atoms with Crippen LogP contribution in [-0.2, 0) is 0 Å². The maximum Gasteiger partial charge on any atom is 0.236 e. The minimum Gasteiger partial charge on any atom is -0.476 e. The van der Waals surface area contributed by atoms with Gasteiger partial charge in [-0.2, -0.15) is 4.98 Å². The Bertz CT molecular complexity index is 747. The van der Waals surface area contributed by atoms with Gasteiger partial charge in [-0.15, -0.1) is 0 Å². The lowest BCUT2D eigenvalue weighted by Gasteiger charge is -2.36. The van der Waals surface area contributed by atoms with Crippen LogP contribution in [0.3, 0.4) is 0 Å². The van der Waals surface area contributed by atoms with Gasteiger partial charge in [-0.25, -0.2) is 4.98 Å². The number of aromatic nitrogens is 2. The number of nitrogens with zero attached hydrogens (tertiary/aromatic N) is 2. The number of anilines is 1. The molecule has 2 N–H and O–H groups in total. The predicted molar refractivity (Wildman–Crippen MR) is 103 cm³/mol. The van der Waals surface area contributed by atoms with E-state index in [-0.39, 0.29) is 0 Å². The lowest BCUT2D eigenvalue weighted by Crippen LogP contribution is -2.39. The monoisotopic (exact) mass is 356 g/mol. The zero-order valence-corrected chi connectivity index (χ0v) is 15.5. The molecule has 6 heteroatoms. The molecule has 5 nitrogen and oxygen atoms in total. The third-order valence-electron chi connectivity index (χ3n) is 5.02. The average Bonchev–Trinajstić information content (AvgIpc) is 2.56. The summed E-state index contributed by atoms with van der Waals surface area (Å²) >= 11 is 1.75. The Morgan fingerprint density at radius 1 is 1.16 bits per heavy atom. The molecule has 1 aliphatic carbocycles. The number of hydrogen-bond acceptors (Lipinski definition) is 6. The van der Waals surface area contributed by atoms with Crippen molar-refractivity contribution < 1.29 is 4.74 Å². The van der Waals surface area contributed by atoms with Gasteiger partial charge in [0.2, 0.25) is 11.8 Å². The van der Waals surface area contributed by atoms with Crippen molar-refractivity contribution in [1.82, 2.24) is 15.3 Å². The van der Waals surface area contributed by atoms with Crippen LogP contribution in [0.2, 0.25) is 0 Å². The van der Waals surface area contributed by atoms with E-state index < -0.39 is 0 Å². The molecule has 1 aliphatic heterocycles. The Morgan fingerprint density at radius 2 is 2.00 bits per heavy atom. The second-order valence-electron chi connectivity index (χ2n) is 6.83.